The number of nitrogens with zero attached hydrogens (tertiary/aromatic N) is 2. The third-order valence-electron chi connectivity index (χ3n) is 8.29. The fourth-order valence-corrected chi connectivity index (χ4v) is 9.65. The zero-order chi connectivity index (χ0) is 28.4. The number of rotatable bonds is 8. The minimum Gasteiger partial charge on any atom is -0.497 e. The van der Waals surface area contributed by atoms with Gasteiger partial charge in [0.1, 0.15) is 12.4 Å². The Hall–Kier alpha value is -2.33. The van der Waals surface area contributed by atoms with Crippen molar-refractivity contribution in [2.24, 2.45) is 0 Å². The molecular formula is C31H40N2O5S2. The lowest BCUT2D eigenvalue weighted by Crippen LogP contribution is -2.47. The second-order valence-corrected chi connectivity index (χ2v) is 14.1. The van der Waals surface area contributed by atoms with Gasteiger partial charge in [-0.15, -0.1) is 11.8 Å². The molecule has 2 aromatic rings. The van der Waals surface area contributed by atoms with E-state index in [4.69, 9.17) is 9.47 Å². The first kappa shape index (κ1) is 29.2. The number of sulfonamides is 1. The van der Waals surface area contributed by atoms with Gasteiger partial charge in [-0.2, -0.15) is 4.31 Å². The molecular weight excluding hydrogens is 544 g/mol. The number of ether oxygens (including phenoxy) is 2. The van der Waals surface area contributed by atoms with Crippen LogP contribution >= 0.6 is 11.8 Å². The van der Waals surface area contributed by atoms with Crippen LogP contribution < -0.4 is 4.74 Å². The van der Waals surface area contributed by atoms with Crippen molar-refractivity contribution in [3.05, 3.63) is 69.1 Å². The summed E-state index contributed by atoms with van der Waals surface area (Å²) in [5.41, 5.74) is 5.04. The summed E-state index contributed by atoms with van der Waals surface area (Å²) in [7, 11) is -2.15. The Morgan fingerprint density at radius 3 is 2.45 bits per heavy atom. The quantitative estimate of drug-likeness (QED) is 0.405. The van der Waals surface area contributed by atoms with Crippen LogP contribution in [-0.2, 0) is 19.6 Å². The van der Waals surface area contributed by atoms with E-state index in [1.807, 2.05) is 30.5 Å². The van der Waals surface area contributed by atoms with E-state index < -0.39 is 10.0 Å². The van der Waals surface area contributed by atoms with Crippen LogP contribution in [0, 0.1) is 20.8 Å². The van der Waals surface area contributed by atoms with Crippen LogP contribution in [0.5, 0.6) is 5.75 Å². The molecule has 3 aliphatic heterocycles. The predicted octanol–water partition coefficient (Wildman–Crippen LogP) is 5.54. The Labute approximate surface area is 243 Å². The second kappa shape index (κ2) is 12.3. The maximum absolute atomic E-state index is 13.9. The lowest BCUT2D eigenvalue weighted by molar-refractivity contribution is -0.138. The summed E-state index contributed by atoms with van der Waals surface area (Å²) in [4.78, 5) is 17.3. The number of amides is 1. The number of piperidine rings is 1. The Morgan fingerprint density at radius 1 is 1.02 bits per heavy atom. The number of benzene rings is 2. The first-order valence-corrected chi connectivity index (χ1v) is 16.6. The Morgan fingerprint density at radius 2 is 1.75 bits per heavy atom. The average molecular weight is 585 g/mol. The number of hydrogen-bond donors (Lipinski definition) is 0. The number of aryl methyl sites for hydroxylation is 3. The normalized spacial score (nSPS) is 21.9. The van der Waals surface area contributed by atoms with Crippen molar-refractivity contribution in [2.45, 2.75) is 69.9 Å². The van der Waals surface area contributed by atoms with Crippen LogP contribution in [0.3, 0.4) is 0 Å². The molecule has 7 nitrogen and oxygen atoms in total. The highest BCUT2D eigenvalue weighted by atomic mass is 32.2. The van der Waals surface area contributed by atoms with Crippen LogP contribution in [0.2, 0.25) is 0 Å². The first-order chi connectivity index (χ1) is 19.2. The van der Waals surface area contributed by atoms with Gasteiger partial charge in [-0.3, -0.25) is 4.79 Å². The van der Waals surface area contributed by atoms with E-state index in [1.165, 1.54) is 16.0 Å². The largest absolute Gasteiger partial charge is 0.497 e. The molecule has 0 spiro atoms. The van der Waals surface area contributed by atoms with Crippen LogP contribution in [0.1, 0.15) is 60.4 Å². The van der Waals surface area contributed by atoms with E-state index in [-0.39, 0.29) is 31.2 Å². The summed E-state index contributed by atoms with van der Waals surface area (Å²) < 4.78 is 40.7. The predicted molar refractivity (Wildman–Crippen MR) is 159 cm³/mol. The van der Waals surface area contributed by atoms with Gasteiger partial charge in [-0.1, -0.05) is 36.2 Å². The molecule has 216 valence electrons. The molecule has 0 bridgehead atoms. The highest BCUT2D eigenvalue weighted by Crippen LogP contribution is 2.46. The summed E-state index contributed by atoms with van der Waals surface area (Å²) in [6.07, 6.45) is 4.35. The van der Waals surface area contributed by atoms with E-state index in [2.05, 4.69) is 31.2 Å². The van der Waals surface area contributed by atoms with Gasteiger partial charge in [-0.05, 0) is 85.8 Å². The molecule has 2 unspecified atom stereocenters. The molecule has 1 saturated heterocycles. The minimum absolute atomic E-state index is 0.0407. The van der Waals surface area contributed by atoms with Crippen molar-refractivity contribution in [2.75, 3.05) is 39.2 Å². The van der Waals surface area contributed by atoms with Crippen molar-refractivity contribution in [1.82, 2.24) is 9.21 Å². The van der Waals surface area contributed by atoms with E-state index in [9.17, 15) is 13.2 Å². The summed E-state index contributed by atoms with van der Waals surface area (Å²) in [5.74, 6) is 1.68. The molecule has 5 rings (SSSR count). The fourth-order valence-electron chi connectivity index (χ4n) is 6.35. The third kappa shape index (κ3) is 5.84. The Kier molecular flexibility index (Phi) is 8.95. The van der Waals surface area contributed by atoms with E-state index >= 15 is 0 Å². The van der Waals surface area contributed by atoms with E-state index in [0.717, 1.165) is 37.0 Å². The van der Waals surface area contributed by atoms with Gasteiger partial charge in [0, 0.05) is 24.9 Å². The minimum atomic E-state index is -3.73. The first-order valence-electron chi connectivity index (χ1n) is 14.2. The maximum atomic E-state index is 13.9. The topological polar surface area (TPSA) is 76.1 Å². The van der Waals surface area contributed by atoms with Gasteiger partial charge in [0.25, 0.3) is 0 Å². The summed E-state index contributed by atoms with van der Waals surface area (Å²) in [6, 6.07) is 11.7. The molecule has 0 radical (unpaired) electrons. The summed E-state index contributed by atoms with van der Waals surface area (Å²) >= 11 is 1.92. The molecule has 2 aromatic carbocycles. The molecule has 2 atom stereocenters. The molecule has 40 heavy (non-hydrogen) atoms. The van der Waals surface area contributed by atoms with Crippen molar-refractivity contribution in [3.63, 3.8) is 0 Å². The molecule has 1 fully saturated rings. The molecule has 0 N–H and O–H groups in total. The van der Waals surface area contributed by atoms with Gasteiger partial charge in [-0.25, -0.2) is 8.42 Å². The van der Waals surface area contributed by atoms with Crippen LogP contribution in [0.15, 0.2) is 51.8 Å². The van der Waals surface area contributed by atoms with Gasteiger partial charge in [0.15, 0.2) is 0 Å². The zero-order valence-corrected chi connectivity index (χ0v) is 25.6. The standard InChI is InChI=1S/C31H40N2O5S2/c1-21-8-10-24(11-9-21)30-27-13-16-39-28(27)12-15-32(30)29(34)20-38-19-25-7-5-6-14-33(25)40(35,36)31-22(2)17-26(37-4)18-23(31)3/h8-11,17-18,25,30H,5-7,12-16,19-20H2,1-4H3. The highest BCUT2D eigenvalue weighted by molar-refractivity contribution is 8.03. The van der Waals surface area contributed by atoms with Crippen LogP contribution in [0.25, 0.3) is 0 Å². The molecule has 3 heterocycles. The van der Waals surface area contributed by atoms with Crippen molar-refractivity contribution in [1.29, 1.82) is 0 Å². The van der Waals surface area contributed by atoms with Gasteiger partial charge in [0.2, 0.25) is 15.9 Å². The van der Waals surface area contributed by atoms with Gasteiger partial charge >= 0.3 is 0 Å². The Balaban J connectivity index is 1.29. The zero-order valence-electron chi connectivity index (χ0n) is 23.9. The summed E-state index contributed by atoms with van der Waals surface area (Å²) in [5, 5.41) is 0. The maximum Gasteiger partial charge on any atom is 0.249 e. The van der Waals surface area contributed by atoms with Crippen molar-refractivity contribution in [3.8, 4) is 5.75 Å². The number of carbonyl (C=O) groups excluding carboxylic acids is 1. The smallest absolute Gasteiger partial charge is 0.249 e. The number of thioether (sulfide) groups is 1. The molecule has 0 aromatic heterocycles. The monoisotopic (exact) mass is 584 g/mol. The lowest BCUT2D eigenvalue weighted by atomic mass is 9.91. The second-order valence-electron chi connectivity index (χ2n) is 11.1. The molecule has 9 heteroatoms. The van der Waals surface area contributed by atoms with Gasteiger partial charge < -0.3 is 14.4 Å². The third-order valence-corrected chi connectivity index (χ3v) is 11.8. The molecule has 3 aliphatic rings. The SMILES string of the molecule is COc1cc(C)c(S(=O)(=O)N2CCCCC2COCC(=O)N2CCC3=C(CCS3)C2c2ccc(C)cc2)c(C)c1. The number of hydrogen-bond acceptors (Lipinski definition) is 6. The van der Waals surface area contributed by atoms with E-state index in [0.29, 0.717) is 41.3 Å². The average Bonchev–Trinajstić information content (AvgIpc) is 3.41. The van der Waals surface area contributed by atoms with Crippen molar-refractivity contribution < 1.29 is 22.7 Å². The van der Waals surface area contributed by atoms with Crippen molar-refractivity contribution >= 4 is 27.7 Å². The molecule has 0 aliphatic carbocycles. The number of methoxy groups -OCH3 is 1. The number of carbonyl (C=O) groups is 1. The van der Waals surface area contributed by atoms with Crippen LogP contribution in [-0.4, -0.2) is 68.7 Å². The summed E-state index contributed by atoms with van der Waals surface area (Å²) in [6.45, 7) is 6.96. The van der Waals surface area contributed by atoms with Gasteiger partial charge in [0.05, 0.1) is 24.7 Å². The Bertz CT molecular complexity index is 1360. The highest BCUT2D eigenvalue weighted by Gasteiger charge is 2.38. The lowest BCUT2D eigenvalue weighted by Gasteiger charge is -2.38. The molecule has 0 saturated carbocycles. The fraction of sp³-hybridized carbons (Fsp3) is 0.516. The van der Waals surface area contributed by atoms with E-state index in [1.54, 1.807) is 23.5 Å². The molecule has 1 amide bonds. The van der Waals surface area contributed by atoms with Crippen LogP contribution in [0.4, 0.5) is 0 Å².